The zero-order valence-corrected chi connectivity index (χ0v) is 92.6. The van der Waals surface area contributed by atoms with Gasteiger partial charge in [0.05, 0.1) is 55.7 Å². The van der Waals surface area contributed by atoms with E-state index in [-0.39, 0.29) is 29.5 Å². The number of carbonyl (C=O) groups is 5. The number of nitrogen functional groups attached to an aromatic ring is 5. The summed E-state index contributed by atoms with van der Waals surface area (Å²) in [6, 6.07) is 10.7. The summed E-state index contributed by atoms with van der Waals surface area (Å²) in [5.74, 6) is 5.65. The fraction of sp³-hybridized carbons (Fsp3) is 0.598. The molecule has 12 heterocycles. The normalized spacial score (nSPS) is 16.4. The summed E-state index contributed by atoms with van der Waals surface area (Å²) < 4.78 is 0. The summed E-state index contributed by atoms with van der Waals surface area (Å²) >= 11 is 15.5. The molecule has 2 fully saturated rings. The van der Waals surface area contributed by atoms with Crippen LogP contribution in [0.4, 0.5) is 29.1 Å². The van der Waals surface area contributed by atoms with Gasteiger partial charge in [-0.25, -0.2) is 49.8 Å². The third kappa shape index (κ3) is 30.8. The van der Waals surface area contributed by atoms with Crippen molar-refractivity contribution in [3.05, 3.63) is 88.1 Å². The second-order valence-corrected chi connectivity index (χ2v) is 48.4. The number of likely N-dealkylation sites (tertiary alicyclic amines) is 2. The fourth-order valence-electron chi connectivity index (χ4n) is 19.6. The fourth-order valence-corrected chi connectivity index (χ4v) is 29.7. The molecule has 770 valence electrons. The maximum Gasteiger partial charge on any atom is 0.230 e. The lowest BCUT2D eigenvalue weighted by Gasteiger charge is -2.33. The highest BCUT2D eigenvalue weighted by atomic mass is 32.2. The number of piperidine rings is 2. The molecule has 2 unspecified atom stereocenters. The number of nitrogens with one attached hydrogen (secondary N) is 5. The quantitative estimate of drug-likeness (QED) is 0.00982. The third-order valence-electron chi connectivity index (χ3n) is 27.8. The van der Waals surface area contributed by atoms with Crippen LogP contribution < -0.4 is 55.3 Å². The van der Waals surface area contributed by atoms with E-state index < -0.39 is 0 Å². The molecule has 142 heavy (non-hydrogen) atoms. The number of nitrogens with two attached hydrogens (primary N) is 5. The van der Waals surface area contributed by atoms with Crippen LogP contribution in [0.5, 0.6) is 0 Å². The Morgan fingerprint density at radius 1 is 0.345 bits per heavy atom. The Bertz CT molecular complexity index is 6020. The maximum absolute atomic E-state index is 12.2. The lowest BCUT2D eigenvalue weighted by Crippen LogP contribution is -2.38. The summed E-state index contributed by atoms with van der Waals surface area (Å²) in [6.07, 6.45) is 28.2. The Morgan fingerprint density at radius 3 is 0.972 bits per heavy atom. The van der Waals surface area contributed by atoms with E-state index in [1.807, 2.05) is 0 Å². The zero-order chi connectivity index (χ0) is 100. The number of hydrogen-bond donors (Lipinski definition) is 10. The Labute approximate surface area is 878 Å². The lowest BCUT2D eigenvalue weighted by molar-refractivity contribution is -0.119. The predicted octanol–water partition coefficient (Wildman–Crippen LogP) is 16.5. The minimum atomic E-state index is 0.000557. The molecule has 30 nitrogen and oxygen atoms in total. The van der Waals surface area contributed by atoms with E-state index in [0.717, 1.165) is 220 Å². The summed E-state index contributed by atoms with van der Waals surface area (Å²) in [4.78, 5) is 130. The van der Waals surface area contributed by atoms with Crippen molar-refractivity contribution in [2.75, 3.05) is 188 Å². The van der Waals surface area contributed by atoms with Crippen LogP contribution in [0.3, 0.4) is 0 Å². The number of thioether (sulfide) groups is 5. The molecule has 0 bridgehead atoms. The number of fused-ring (bicyclic) bond motifs is 15. The molecule has 0 radical (unpaired) electrons. The predicted molar refractivity (Wildman–Crippen MR) is 598 cm³/mol. The van der Waals surface area contributed by atoms with Gasteiger partial charge in [-0.15, -0.1) is 56.7 Å². The molecule has 18 rings (SSSR count). The van der Waals surface area contributed by atoms with Gasteiger partial charge in [-0.05, 0) is 251 Å². The Morgan fingerprint density at radius 2 is 0.627 bits per heavy atom. The summed E-state index contributed by atoms with van der Waals surface area (Å²) in [5.41, 5.74) is 39.8. The van der Waals surface area contributed by atoms with Crippen LogP contribution >= 0.6 is 115 Å². The molecule has 2 saturated heterocycles. The van der Waals surface area contributed by atoms with Crippen molar-refractivity contribution in [3.63, 3.8) is 0 Å². The highest BCUT2D eigenvalue weighted by Gasteiger charge is 2.34. The molecule has 1 aromatic carbocycles. The molecule has 0 saturated carbocycles. The van der Waals surface area contributed by atoms with Gasteiger partial charge in [0.25, 0.3) is 0 Å². The first kappa shape index (κ1) is 110. The highest BCUT2D eigenvalue weighted by molar-refractivity contribution is 8.00. The van der Waals surface area contributed by atoms with Gasteiger partial charge in [0.1, 0.15) is 53.2 Å². The van der Waals surface area contributed by atoms with Crippen LogP contribution in [0.2, 0.25) is 0 Å². The van der Waals surface area contributed by atoms with E-state index in [1.54, 1.807) is 56.7 Å². The van der Waals surface area contributed by atoms with Crippen molar-refractivity contribution in [3.8, 4) is 0 Å². The zero-order valence-electron chi connectivity index (χ0n) is 84.4. The van der Waals surface area contributed by atoms with Crippen molar-refractivity contribution in [2.45, 2.75) is 248 Å². The number of amides is 5. The minimum absolute atomic E-state index is 0.000557. The molecule has 15 N–H and O–H groups in total. The second-order valence-electron chi connectivity index (χ2n) is 38.2. The third-order valence-corrected chi connectivity index (χ3v) is 37.9. The van der Waals surface area contributed by atoms with Crippen LogP contribution in [0.25, 0.3) is 51.1 Å². The van der Waals surface area contributed by atoms with Crippen molar-refractivity contribution >= 4 is 225 Å². The van der Waals surface area contributed by atoms with Crippen LogP contribution in [0, 0.1) is 11.3 Å². The number of anilines is 5. The Balaban J connectivity index is 0.000000141. The lowest BCUT2D eigenvalue weighted by atomic mass is 9.72. The first-order chi connectivity index (χ1) is 68.8. The van der Waals surface area contributed by atoms with Gasteiger partial charge in [0.15, 0.2) is 25.8 Å². The molecule has 10 aromatic heterocycles. The van der Waals surface area contributed by atoms with Crippen molar-refractivity contribution in [1.29, 1.82) is 0 Å². The van der Waals surface area contributed by atoms with Gasteiger partial charge in [-0.2, -0.15) is 0 Å². The van der Waals surface area contributed by atoms with E-state index in [1.165, 1.54) is 200 Å². The first-order valence-electron chi connectivity index (χ1n) is 51.4. The number of benzene rings is 1. The number of rotatable bonds is 37. The van der Waals surface area contributed by atoms with Gasteiger partial charge < -0.3 is 79.8 Å². The second kappa shape index (κ2) is 54.8. The number of hydrogen-bond acceptors (Lipinski definition) is 35. The Kier molecular flexibility index (Phi) is 42.5. The SMILES string of the molecule is CCN(CC)CCNC(=O)CSc1nc(N)c2c3c(sc2n1)CC(C(C)(C)C)CC3.CCN(CC)CCNC(=O)CSc1nc(N)c2c3c(sc2n1)CC(c1ccccc1)CC3.CCN(CC)CCNC(=O)CSc1nc(N)c2c3c(sc2n1)CCCCC3.Nc1nc(SCC(=O)NCCN2CCCCC2)nc2sc3c(c12)CCC3.Nc1nc(SCC(=O)NCCN2CCCCC2)nc2sc3c(c12)CCCC3. The number of aryl methyl sites for hydroxylation is 8. The van der Waals surface area contributed by atoms with Gasteiger partial charge in [0.2, 0.25) is 29.5 Å². The van der Waals surface area contributed by atoms with Crippen molar-refractivity contribution in [1.82, 2.24) is 101 Å². The van der Waals surface area contributed by atoms with E-state index >= 15 is 0 Å². The largest absolute Gasteiger partial charge is 0.383 e. The minimum Gasteiger partial charge on any atom is -0.383 e. The van der Waals surface area contributed by atoms with E-state index in [4.69, 9.17) is 38.6 Å². The van der Waals surface area contributed by atoms with Crippen LogP contribution in [-0.2, 0) is 88.2 Å². The molecule has 5 aliphatic carbocycles. The monoisotopic (exact) mass is 2120 g/mol. The summed E-state index contributed by atoms with van der Waals surface area (Å²) in [5, 5.41) is 23.1. The van der Waals surface area contributed by atoms with E-state index in [2.05, 4.69) is 184 Å². The van der Waals surface area contributed by atoms with Crippen LogP contribution in [0.15, 0.2) is 56.1 Å². The maximum atomic E-state index is 12.2. The smallest absolute Gasteiger partial charge is 0.230 e. The number of carbonyl (C=O) groups excluding carboxylic acids is 5. The van der Waals surface area contributed by atoms with Crippen molar-refractivity contribution < 1.29 is 24.0 Å². The van der Waals surface area contributed by atoms with Gasteiger partial charge in [-0.1, -0.05) is 171 Å². The average Bonchev–Trinajstić information content (AvgIpc) is 1.62. The van der Waals surface area contributed by atoms with Crippen molar-refractivity contribution in [2.24, 2.45) is 11.3 Å². The van der Waals surface area contributed by atoms with Gasteiger partial charge in [0, 0.05) is 89.8 Å². The van der Waals surface area contributed by atoms with E-state index in [0.29, 0.717) is 134 Å². The topological polar surface area (TPSA) is 421 Å². The molecule has 0 spiro atoms. The number of nitrogens with zero attached hydrogens (tertiary/aromatic N) is 15. The molecule has 2 aliphatic heterocycles. The number of aromatic nitrogens is 10. The Hall–Kier alpha value is -7.68. The van der Waals surface area contributed by atoms with Crippen LogP contribution in [-0.4, -0.2) is 264 Å². The molecule has 5 amide bonds. The van der Waals surface area contributed by atoms with Gasteiger partial charge in [-0.3, -0.25) is 24.0 Å². The molecule has 40 heteroatoms. The molecular weight excluding hydrogens is 1980 g/mol. The van der Waals surface area contributed by atoms with Crippen LogP contribution in [0.1, 0.15) is 216 Å². The molecule has 7 aliphatic rings. The number of thiophene rings is 5. The van der Waals surface area contributed by atoms with E-state index in [9.17, 15) is 24.0 Å². The standard InChI is InChI=1S/C24H31N5OS2.C22H35N5OS2.C19H27N5OS2.C19H29N5OS2.C18H25N5OS2/c1-3-29(4-2)13-12-26-20(30)15-31-24-27-22(25)21-18-11-10-17(16-8-6-5-7-9-16)14-19(18)32-23(21)28-24;1-6-27(7-2)11-10-24-17(28)13-29-21-25-19(23)18-15-9-8-14(22(3,4)5)12-16(15)30-20(18)26-21;20-17-16-13-6-2-3-7-14(13)27-18(16)23-19(22-17)26-12-15(25)21-8-11-24-9-4-1-5-10-24;1-3-24(4-2)11-10-21-15(25)12-26-19-22-17(20)16-13-8-6-5-7-9-14(13)27-18(16)23-19;19-16-15-12-5-4-6-13(12)26-17(15)22-18(21-16)25-11-14(24)20-7-10-23-8-2-1-3-9-23/h5-9,17H,3-4,10-15H2,1-2H3,(H,26,30)(H2,25,27,28);14H,6-13H2,1-5H3,(H,24,28)(H2,23,25,26);1-12H2,(H,21,25)(H2,20,22,23);3-12H2,1-2H3,(H,21,25)(H2,20,22,23);1-11H2,(H,20,24)(H2,19,21,22). The summed E-state index contributed by atoms with van der Waals surface area (Å²) in [6.45, 7) is 38.2. The summed E-state index contributed by atoms with van der Waals surface area (Å²) in [7, 11) is 0. The first-order valence-corrected chi connectivity index (χ1v) is 60.4. The van der Waals surface area contributed by atoms with Gasteiger partial charge >= 0.3 is 0 Å². The molecule has 11 aromatic rings. The average molecular weight is 2120 g/mol. The number of likely N-dealkylation sites (N-methyl/N-ethyl adjacent to an activating group) is 3. The molecule has 2 atom stereocenters. The highest BCUT2D eigenvalue weighted by Crippen LogP contribution is 2.48. The molecular formula is C102H147N25O5S10.